The predicted octanol–water partition coefficient (Wildman–Crippen LogP) is 4.44. The molecule has 0 aliphatic heterocycles. The molecule has 27 heavy (non-hydrogen) atoms. The number of methoxy groups -OCH3 is 2. The molecule has 3 aromatic rings. The molecule has 0 saturated heterocycles. The number of aromatic nitrogens is 1. The zero-order valence-corrected chi connectivity index (χ0v) is 15.2. The van der Waals surface area contributed by atoms with E-state index in [0.29, 0.717) is 34.4 Å². The molecule has 2 aromatic carbocycles. The number of rotatable bonds is 4. The van der Waals surface area contributed by atoms with Gasteiger partial charge in [-0.2, -0.15) is 0 Å². The van der Waals surface area contributed by atoms with Crippen LogP contribution in [0.5, 0.6) is 11.5 Å². The fraction of sp³-hybridized carbons (Fsp3) is 0.182. The number of para-hydroxylation sites is 1. The number of aromatic carboxylic acids is 1. The largest absolute Gasteiger partial charge is 0.497 e. The van der Waals surface area contributed by atoms with Crippen LogP contribution in [0.2, 0.25) is 0 Å². The van der Waals surface area contributed by atoms with Crippen LogP contribution >= 0.6 is 0 Å². The van der Waals surface area contributed by atoms with Crippen LogP contribution in [0.4, 0.5) is 0 Å². The van der Waals surface area contributed by atoms with Crippen molar-refractivity contribution in [2.24, 2.45) is 0 Å². The Morgan fingerprint density at radius 3 is 2.44 bits per heavy atom. The van der Waals surface area contributed by atoms with Crippen LogP contribution in [-0.4, -0.2) is 30.3 Å². The second-order valence-corrected chi connectivity index (χ2v) is 6.45. The summed E-state index contributed by atoms with van der Waals surface area (Å²) in [6.07, 6.45) is 3.45. The van der Waals surface area contributed by atoms with E-state index in [2.05, 4.69) is 0 Å². The molecular formula is C22H19NO4. The van der Waals surface area contributed by atoms with Gasteiger partial charge in [0.2, 0.25) is 0 Å². The summed E-state index contributed by atoms with van der Waals surface area (Å²) in [6, 6.07) is 13.1. The number of carboxylic acids is 1. The number of hydrogen-bond donors (Lipinski definition) is 1. The maximum absolute atomic E-state index is 11.9. The fourth-order valence-electron chi connectivity index (χ4n) is 3.64. The summed E-state index contributed by atoms with van der Waals surface area (Å²) in [5, 5.41) is 10.5. The average Bonchev–Trinajstić information content (AvgIpc) is 3.07. The lowest BCUT2D eigenvalue weighted by Crippen LogP contribution is -2.05. The number of benzene rings is 2. The first-order valence-corrected chi connectivity index (χ1v) is 8.69. The van der Waals surface area contributed by atoms with Crippen molar-refractivity contribution in [3.05, 3.63) is 64.8 Å². The molecule has 0 unspecified atom stereocenters. The lowest BCUT2D eigenvalue weighted by molar-refractivity contribution is 0.0698. The molecule has 136 valence electrons. The highest BCUT2D eigenvalue weighted by atomic mass is 16.5. The molecule has 5 heteroatoms. The molecule has 5 nitrogen and oxygen atoms in total. The molecule has 1 aliphatic rings. The smallest absolute Gasteiger partial charge is 0.336 e. The number of carbonyl (C=O) groups is 1. The molecule has 0 atom stereocenters. The third-order valence-electron chi connectivity index (χ3n) is 4.87. The minimum absolute atomic E-state index is 0.363. The Bertz CT molecular complexity index is 1060. The summed E-state index contributed by atoms with van der Waals surface area (Å²) in [6.45, 7) is 0. The highest BCUT2D eigenvalue weighted by Crippen LogP contribution is 2.38. The van der Waals surface area contributed by atoms with Gasteiger partial charge < -0.3 is 14.6 Å². The van der Waals surface area contributed by atoms with E-state index in [0.717, 1.165) is 28.8 Å². The number of carboxylic acid groups (broad SMARTS) is 1. The average molecular weight is 361 g/mol. The molecular weight excluding hydrogens is 342 g/mol. The van der Waals surface area contributed by atoms with E-state index in [1.807, 2.05) is 48.5 Å². The van der Waals surface area contributed by atoms with Gasteiger partial charge in [0.15, 0.2) is 0 Å². The molecule has 1 aliphatic carbocycles. The minimum atomic E-state index is -0.908. The molecule has 1 N–H and O–H groups in total. The molecule has 0 fully saturated rings. The van der Waals surface area contributed by atoms with Gasteiger partial charge in [-0.3, -0.25) is 0 Å². The van der Waals surface area contributed by atoms with Gasteiger partial charge in [0.05, 0.1) is 31.0 Å². The molecule has 0 amide bonds. The zero-order valence-electron chi connectivity index (χ0n) is 15.2. The molecule has 1 heterocycles. The van der Waals surface area contributed by atoms with Crippen LogP contribution in [0.1, 0.15) is 33.6 Å². The molecule has 0 radical (unpaired) electrons. The van der Waals surface area contributed by atoms with E-state index < -0.39 is 5.97 Å². The van der Waals surface area contributed by atoms with Gasteiger partial charge in [-0.15, -0.1) is 0 Å². The van der Waals surface area contributed by atoms with E-state index in [4.69, 9.17) is 14.5 Å². The van der Waals surface area contributed by atoms with Crippen molar-refractivity contribution in [1.82, 2.24) is 4.98 Å². The highest BCUT2D eigenvalue weighted by Gasteiger charge is 2.26. The van der Waals surface area contributed by atoms with Crippen LogP contribution in [0, 0.1) is 0 Å². The Morgan fingerprint density at radius 2 is 1.78 bits per heavy atom. The molecule has 4 rings (SSSR count). The Labute approximate surface area is 156 Å². The van der Waals surface area contributed by atoms with Crippen LogP contribution < -0.4 is 9.47 Å². The van der Waals surface area contributed by atoms with Crippen molar-refractivity contribution in [2.75, 3.05) is 14.2 Å². The first-order chi connectivity index (χ1) is 13.1. The van der Waals surface area contributed by atoms with E-state index in [1.54, 1.807) is 14.2 Å². The lowest BCUT2D eigenvalue weighted by Gasteiger charge is -2.10. The Hall–Kier alpha value is -3.34. The lowest BCUT2D eigenvalue weighted by atomic mass is 10.0. The number of allylic oxidation sites excluding steroid dienone is 1. The summed E-state index contributed by atoms with van der Waals surface area (Å²) >= 11 is 0. The summed E-state index contributed by atoms with van der Waals surface area (Å²) in [5.41, 5.74) is 4.59. The summed E-state index contributed by atoms with van der Waals surface area (Å²) in [5.74, 6) is 0.503. The number of nitrogens with zero attached hydrogens (tertiary/aromatic N) is 1. The number of pyridine rings is 1. The molecule has 0 spiro atoms. The van der Waals surface area contributed by atoms with Gasteiger partial charge in [0.25, 0.3) is 0 Å². The Morgan fingerprint density at radius 1 is 1.07 bits per heavy atom. The first kappa shape index (κ1) is 17.1. The van der Waals surface area contributed by atoms with Gasteiger partial charge in [-0.05, 0) is 53.8 Å². The van der Waals surface area contributed by atoms with Gasteiger partial charge >= 0.3 is 5.97 Å². The third-order valence-corrected chi connectivity index (χ3v) is 4.87. The van der Waals surface area contributed by atoms with Crippen molar-refractivity contribution >= 4 is 28.5 Å². The van der Waals surface area contributed by atoms with Crippen LogP contribution in [0.25, 0.3) is 22.6 Å². The van der Waals surface area contributed by atoms with Gasteiger partial charge in [0.1, 0.15) is 11.5 Å². The fourth-order valence-corrected chi connectivity index (χ4v) is 3.64. The highest BCUT2D eigenvalue weighted by molar-refractivity contribution is 6.06. The van der Waals surface area contributed by atoms with Crippen LogP contribution in [-0.2, 0) is 6.42 Å². The SMILES string of the molecule is COc1cc(/C=C2/CCc3c2nc2ccccc2c3C(=O)O)cc(OC)c1. The van der Waals surface area contributed by atoms with E-state index in [9.17, 15) is 9.90 Å². The summed E-state index contributed by atoms with van der Waals surface area (Å²) < 4.78 is 10.7. The van der Waals surface area contributed by atoms with Crippen molar-refractivity contribution in [1.29, 1.82) is 0 Å². The number of hydrogen-bond acceptors (Lipinski definition) is 4. The third kappa shape index (κ3) is 3.01. The summed E-state index contributed by atoms with van der Waals surface area (Å²) in [7, 11) is 3.23. The van der Waals surface area contributed by atoms with Gasteiger partial charge in [-0.25, -0.2) is 9.78 Å². The zero-order chi connectivity index (χ0) is 19.0. The quantitative estimate of drug-likeness (QED) is 0.744. The van der Waals surface area contributed by atoms with Crippen molar-refractivity contribution in [3.8, 4) is 11.5 Å². The maximum atomic E-state index is 11.9. The number of ether oxygens (including phenoxy) is 2. The second-order valence-electron chi connectivity index (χ2n) is 6.45. The normalized spacial score (nSPS) is 14.4. The standard InChI is InChI=1S/C22H19NO4/c1-26-15-10-13(11-16(12-15)27-2)9-14-7-8-18-20(22(24)25)17-5-3-4-6-19(17)23-21(14)18/h3-6,9-12H,7-8H2,1-2H3,(H,24,25)/b14-9-. The van der Waals surface area contributed by atoms with E-state index in [1.165, 1.54) is 0 Å². The Kier molecular flexibility index (Phi) is 4.28. The number of fused-ring (bicyclic) bond motifs is 2. The molecule has 0 saturated carbocycles. The van der Waals surface area contributed by atoms with Crippen molar-refractivity contribution in [3.63, 3.8) is 0 Å². The second kappa shape index (κ2) is 6.76. The van der Waals surface area contributed by atoms with Crippen LogP contribution in [0.15, 0.2) is 42.5 Å². The van der Waals surface area contributed by atoms with Gasteiger partial charge in [0, 0.05) is 11.5 Å². The Balaban J connectivity index is 1.89. The predicted molar refractivity (Wildman–Crippen MR) is 104 cm³/mol. The van der Waals surface area contributed by atoms with Crippen molar-refractivity contribution in [2.45, 2.75) is 12.8 Å². The van der Waals surface area contributed by atoms with Gasteiger partial charge in [-0.1, -0.05) is 18.2 Å². The van der Waals surface area contributed by atoms with Crippen molar-refractivity contribution < 1.29 is 19.4 Å². The maximum Gasteiger partial charge on any atom is 0.336 e. The first-order valence-electron chi connectivity index (χ1n) is 8.69. The minimum Gasteiger partial charge on any atom is -0.497 e. The van der Waals surface area contributed by atoms with Crippen LogP contribution in [0.3, 0.4) is 0 Å². The summed E-state index contributed by atoms with van der Waals surface area (Å²) in [4.78, 5) is 16.7. The topological polar surface area (TPSA) is 68.7 Å². The monoisotopic (exact) mass is 361 g/mol. The molecule has 1 aromatic heterocycles. The van der Waals surface area contributed by atoms with E-state index >= 15 is 0 Å². The molecule has 0 bridgehead atoms. The van der Waals surface area contributed by atoms with E-state index in [-0.39, 0.29) is 0 Å².